The molecular formula is C10H5BrF3NO4. The summed E-state index contributed by atoms with van der Waals surface area (Å²) in [5.74, 6) is -0.982. The van der Waals surface area contributed by atoms with Crippen LogP contribution in [0.15, 0.2) is 12.1 Å². The van der Waals surface area contributed by atoms with Crippen molar-refractivity contribution in [3.8, 4) is 0 Å². The Labute approximate surface area is 112 Å². The van der Waals surface area contributed by atoms with E-state index < -0.39 is 44.6 Å². The van der Waals surface area contributed by atoms with E-state index in [1.807, 2.05) is 0 Å². The van der Waals surface area contributed by atoms with E-state index in [4.69, 9.17) is 0 Å². The zero-order valence-corrected chi connectivity index (χ0v) is 10.6. The first-order chi connectivity index (χ1) is 8.72. The molecule has 0 aliphatic rings. The topological polar surface area (TPSA) is 77.3 Å². The molecule has 0 saturated heterocycles. The number of nitro benzene ring substituents is 1. The number of hydrogen-bond acceptors (Lipinski definition) is 4. The summed E-state index contributed by atoms with van der Waals surface area (Å²) in [4.78, 5) is 31.7. The van der Waals surface area contributed by atoms with Gasteiger partial charge in [-0.15, -0.1) is 0 Å². The van der Waals surface area contributed by atoms with E-state index in [1.165, 1.54) is 0 Å². The molecule has 0 radical (unpaired) electrons. The maximum atomic E-state index is 12.8. The molecule has 0 aliphatic heterocycles. The minimum absolute atomic E-state index is 0.0157. The summed E-state index contributed by atoms with van der Waals surface area (Å²) in [5, 5.41) is 10.1. The van der Waals surface area contributed by atoms with E-state index in [0.29, 0.717) is 6.07 Å². The third-order valence-corrected chi connectivity index (χ3v) is 2.71. The second kappa shape index (κ2) is 5.47. The number of non-ortho nitro benzene ring substituents is 1. The molecule has 0 saturated carbocycles. The van der Waals surface area contributed by atoms with Gasteiger partial charge in [0.25, 0.3) is 5.69 Å². The number of rotatable bonds is 4. The average Bonchev–Trinajstić information content (AvgIpc) is 2.34. The van der Waals surface area contributed by atoms with Gasteiger partial charge in [0.2, 0.25) is 0 Å². The highest BCUT2D eigenvalue weighted by atomic mass is 79.9. The lowest BCUT2D eigenvalue weighted by Gasteiger charge is -2.13. The molecule has 9 heteroatoms. The molecule has 19 heavy (non-hydrogen) atoms. The molecule has 1 rings (SSSR count). The van der Waals surface area contributed by atoms with Gasteiger partial charge >= 0.3 is 6.18 Å². The molecule has 0 fully saturated rings. The van der Waals surface area contributed by atoms with Crippen LogP contribution in [0.1, 0.15) is 26.3 Å². The van der Waals surface area contributed by atoms with Crippen LogP contribution in [0.3, 0.4) is 0 Å². The Bertz CT molecular complexity index is 556. The van der Waals surface area contributed by atoms with Crippen LogP contribution in [0, 0.1) is 10.1 Å². The molecule has 0 atom stereocenters. The van der Waals surface area contributed by atoms with Crippen molar-refractivity contribution in [2.24, 2.45) is 0 Å². The molecule has 102 valence electrons. The zero-order chi connectivity index (χ0) is 14.8. The number of hydrogen-bond donors (Lipinski definition) is 0. The number of alkyl halides is 4. The summed E-state index contributed by atoms with van der Waals surface area (Å²) in [6.45, 7) is 0. The molecule has 1 aromatic carbocycles. The van der Waals surface area contributed by atoms with Gasteiger partial charge in [-0.3, -0.25) is 19.7 Å². The van der Waals surface area contributed by atoms with E-state index in [-0.39, 0.29) is 12.4 Å². The van der Waals surface area contributed by atoms with Crippen molar-refractivity contribution in [2.75, 3.05) is 5.33 Å². The summed E-state index contributed by atoms with van der Waals surface area (Å²) >= 11 is 2.70. The van der Waals surface area contributed by atoms with Crippen molar-refractivity contribution in [3.63, 3.8) is 0 Å². The quantitative estimate of drug-likeness (QED) is 0.278. The van der Waals surface area contributed by atoms with Crippen molar-refractivity contribution < 1.29 is 27.7 Å². The van der Waals surface area contributed by atoms with Crippen molar-refractivity contribution >= 4 is 33.7 Å². The van der Waals surface area contributed by atoms with Gasteiger partial charge in [-0.2, -0.15) is 13.2 Å². The largest absolute Gasteiger partial charge is 0.417 e. The summed E-state index contributed by atoms with van der Waals surface area (Å²) in [7, 11) is 0. The highest BCUT2D eigenvalue weighted by Crippen LogP contribution is 2.36. The fourth-order valence-electron chi connectivity index (χ4n) is 1.45. The van der Waals surface area contributed by atoms with Gasteiger partial charge in [0.15, 0.2) is 12.1 Å². The normalized spacial score (nSPS) is 11.2. The molecule has 5 nitrogen and oxygen atoms in total. The van der Waals surface area contributed by atoms with E-state index in [1.54, 1.807) is 0 Å². The van der Waals surface area contributed by atoms with Crippen molar-refractivity contribution in [1.82, 2.24) is 0 Å². The standard InChI is InChI=1S/C10H5BrF3NO4/c11-3-8(17)9-5(4-16)1-6(15(18)19)2-7(9)10(12,13)14/h1-2,4H,3H2. The van der Waals surface area contributed by atoms with Crippen LogP contribution in [0.2, 0.25) is 0 Å². The van der Waals surface area contributed by atoms with Crippen molar-refractivity contribution in [2.45, 2.75) is 6.18 Å². The molecule has 1 aromatic rings. The number of halogens is 4. The average molecular weight is 340 g/mol. The SMILES string of the molecule is O=Cc1cc([N+](=O)[O-])cc(C(F)(F)F)c1C(=O)CBr. The molecule has 0 heterocycles. The highest BCUT2D eigenvalue weighted by molar-refractivity contribution is 9.09. The van der Waals surface area contributed by atoms with Gasteiger partial charge < -0.3 is 0 Å². The Balaban J connectivity index is 3.72. The number of ketones is 1. The lowest BCUT2D eigenvalue weighted by Crippen LogP contribution is -2.17. The number of carbonyl (C=O) groups excluding carboxylic acids is 2. The summed E-state index contributed by atoms with van der Waals surface area (Å²) in [5.41, 5.74) is -3.93. The Morgan fingerprint density at radius 2 is 2.00 bits per heavy atom. The molecule has 0 aliphatic carbocycles. The Hall–Kier alpha value is -1.77. The maximum Gasteiger partial charge on any atom is 0.417 e. The predicted octanol–water partition coefficient (Wildman–Crippen LogP) is 3.00. The monoisotopic (exact) mass is 339 g/mol. The van der Waals surface area contributed by atoms with Crippen LogP contribution in [0.25, 0.3) is 0 Å². The number of carbonyl (C=O) groups is 2. The Morgan fingerprint density at radius 3 is 2.37 bits per heavy atom. The number of nitro groups is 1. The molecule has 0 amide bonds. The third kappa shape index (κ3) is 3.16. The van der Waals surface area contributed by atoms with E-state index in [2.05, 4.69) is 15.9 Å². The maximum absolute atomic E-state index is 12.8. The highest BCUT2D eigenvalue weighted by Gasteiger charge is 2.38. The van der Waals surface area contributed by atoms with Gasteiger partial charge in [-0.05, 0) is 0 Å². The Morgan fingerprint density at radius 1 is 1.42 bits per heavy atom. The lowest BCUT2D eigenvalue weighted by molar-refractivity contribution is -0.385. The zero-order valence-electron chi connectivity index (χ0n) is 9.03. The number of benzene rings is 1. The summed E-state index contributed by atoms with van der Waals surface area (Å²) in [6.07, 6.45) is -4.99. The van der Waals surface area contributed by atoms with Gasteiger partial charge in [0.1, 0.15) is 0 Å². The first-order valence-corrected chi connectivity index (χ1v) is 5.78. The van der Waals surface area contributed by atoms with Crippen LogP contribution < -0.4 is 0 Å². The molecule has 0 unspecified atom stereocenters. The van der Waals surface area contributed by atoms with E-state index >= 15 is 0 Å². The summed E-state index contributed by atoms with van der Waals surface area (Å²) in [6, 6.07) is 0.876. The minimum atomic E-state index is -4.98. The molecule has 0 spiro atoms. The van der Waals surface area contributed by atoms with Gasteiger partial charge in [0, 0.05) is 23.3 Å². The second-order valence-electron chi connectivity index (χ2n) is 3.39. The lowest BCUT2D eigenvalue weighted by atomic mass is 9.97. The molecular weight excluding hydrogens is 335 g/mol. The van der Waals surface area contributed by atoms with Crippen LogP contribution in [0.4, 0.5) is 18.9 Å². The van der Waals surface area contributed by atoms with Crippen LogP contribution >= 0.6 is 15.9 Å². The fraction of sp³-hybridized carbons (Fsp3) is 0.200. The first-order valence-electron chi connectivity index (χ1n) is 4.66. The third-order valence-electron chi connectivity index (χ3n) is 2.20. The number of Topliss-reactive ketones (excluding diaryl/α,β-unsaturated/α-hetero) is 1. The minimum Gasteiger partial charge on any atom is -0.298 e. The van der Waals surface area contributed by atoms with Gasteiger partial charge in [-0.1, -0.05) is 15.9 Å². The fourth-order valence-corrected chi connectivity index (χ4v) is 1.73. The van der Waals surface area contributed by atoms with E-state index in [9.17, 15) is 32.9 Å². The van der Waals surface area contributed by atoms with Crippen LogP contribution in [0.5, 0.6) is 0 Å². The predicted molar refractivity (Wildman–Crippen MR) is 61.6 cm³/mol. The van der Waals surface area contributed by atoms with Gasteiger partial charge in [-0.25, -0.2) is 0 Å². The molecule has 0 bridgehead atoms. The summed E-state index contributed by atoms with van der Waals surface area (Å²) < 4.78 is 38.4. The second-order valence-corrected chi connectivity index (χ2v) is 3.95. The smallest absolute Gasteiger partial charge is 0.298 e. The number of aldehydes is 1. The number of nitrogens with zero attached hydrogens (tertiary/aromatic N) is 1. The first kappa shape index (κ1) is 15.3. The Kier molecular flexibility index (Phi) is 4.40. The molecule has 0 N–H and O–H groups in total. The van der Waals surface area contributed by atoms with Crippen LogP contribution in [-0.2, 0) is 6.18 Å². The van der Waals surface area contributed by atoms with E-state index in [0.717, 1.165) is 0 Å². The van der Waals surface area contributed by atoms with Gasteiger partial charge in [0.05, 0.1) is 15.8 Å². The van der Waals surface area contributed by atoms with Crippen LogP contribution in [-0.4, -0.2) is 22.3 Å². The van der Waals surface area contributed by atoms with Crippen molar-refractivity contribution in [3.05, 3.63) is 38.9 Å². The molecule has 0 aromatic heterocycles. The van der Waals surface area contributed by atoms with Crippen molar-refractivity contribution in [1.29, 1.82) is 0 Å².